The van der Waals surface area contributed by atoms with E-state index in [4.69, 9.17) is 4.74 Å². The Morgan fingerprint density at radius 1 is 1.08 bits per heavy atom. The van der Waals surface area contributed by atoms with Crippen molar-refractivity contribution in [3.63, 3.8) is 0 Å². The molecule has 0 spiro atoms. The predicted molar refractivity (Wildman–Crippen MR) is 95.3 cm³/mol. The molecule has 1 heterocycles. The number of nitrogens with one attached hydrogen (secondary N) is 1. The van der Waals surface area contributed by atoms with Crippen LogP contribution in [0, 0.1) is 6.92 Å². The lowest BCUT2D eigenvalue weighted by Gasteiger charge is -2.06. The number of ether oxygens (including phenoxy) is 3. The lowest BCUT2D eigenvalue weighted by atomic mass is 10.1. The normalized spacial score (nSPS) is 10.8. The Morgan fingerprint density at radius 3 is 2.31 bits per heavy atom. The van der Waals surface area contributed by atoms with Crippen molar-refractivity contribution in [3.8, 4) is 0 Å². The fraction of sp³-hybridized carbons (Fsp3) is 0.294. The van der Waals surface area contributed by atoms with Crippen molar-refractivity contribution in [2.45, 2.75) is 13.8 Å². The van der Waals surface area contributed by atoms with Gasteiger partial charge in [-0.2, -0.15) is 0 Å². The number of rotatable bonds is 7. The maximum Gasteiger partial charge on any atom is 0.348 e. The van der Waals surface area contributed by atoms with Crippen molar-refractivity contribution in [3.05, 3.63) is 40.3 Å². The third-order valence-corrected chi connectivity index (χ3v) is 4.23. The molecule has 0 atom stereocenters. The van der Waals surface area contributed by atoms with Crippen molar-refractivity contribution < 1.29 is 33.4 Å². The summed E-state index contributed by atoms with van der Waals surface area (Å²) in [5.41, 5.74) is 0.376. The number of hydrogen-bond acceptors (Lipinski definition) is 8. The van der Waals surface area contributed by atoms with Crippen molar-refractivity contribution in [2.75, 3.05) is 26.1 Å². The van der Waals surface area contributed by atoms with Crippen LogP contribution < -0.4 is 5.32 Å². The van der Waals surface area contributed by atoms with E-state index in [1.807, 2.05) is 0 Å². The maximum atomic E-state index is 12.0. The molecule has 26 heavy (non-hydrogen) atoms. The van der Waals surface area contributed by atoms with Gasteiger partial charge in [-0.05, 0) is 19.4 Å². The molecular weight excluding hydrogens is 362 g/mol. The topological polar surface area (TPSA) is 108 Å². The Morgan fingerprint density at radius 2 is 1.73 bits per heavy atom. The third kappa shape index (κ3) is 5.55. The summed E-state index contributed by atoms with van der Waals surface area (Å²) >= 11 is 0.871. The Labute approximate surface area is 154 Å². The van der Waals surface area contributed by atoms with E-state index in [2.05, 4.69) is 14.8 Å². The molecule has 0 saturated carbocycles. The Kier molecular flexibility index (Phi) is 8.23. The van der Waals surface area contributed by atoms with Gasteiger partial charge in [0.1, 0.15) is 9.88 Å². The standard InChI is InChI=1S/C17H19NO7S/c1-5-6-7-8-12(20)25-9-11(19)18-15-13(16(21)23-3)10(2)14(26-15)17(22)24-4/h5-8H,9H2,1-4H3,(H,18,19)/b6-5+,8-7+. The highest BCUT2D eigenvalue weighted by atomic mass is 32.1. The highest BCUT2D eigenvalue weighted by Gasteiger charge is 2.26. The molecule has 1 rings (SSSR count). The van der Waals surface area contributed by atoms with Gasteiger partial charge in [0, 0.05) is 6.08 Å². The zero-order chi connectivity index (χ0) is 19.7. The minimum atomic E-state index is -0.713. The summed E-state index contributed by atoms with van der Waals surface area (Å²) in [6, 6.07) is 0. The van der Waals surface area contributed by atoms with E-state index in [9.17, 15) is 19.2 Å². The van der Waals surface area contributed by atoms with Gasteiger partial charge in [0.15, 0.2) is 6.61 Å². The van der Waals surface area contributed by atoms with Gasteiger partial charge < -0.3 is 19.5 Å². The molecule has 0 unspecified atom stereocenters. The maximum absolute atomic E-state index is 12.0. The van der Waals surface area contributed by atoms with Gasteiger partial charge in [-0.25, -0.2) is 14.4 Å². The quantitative estimate of drug-likeness (QED) is 0.334. The van der Waals surface area contributed by atoms with E-state index < -0.39 is 30.4 Å². The van der Waals surface area contributed by atoms with Crippen LogP contribution >= 0.6 is 11.3 Å². The van der Waals surface area contributed by atoms with Crippen LogP contribution in [0.2, 0.25) is 0 Å². The smallest absolute Gasteiger partial charge is 0.348 e. The zero-order valence-corrected chi connectivity index (χ0v) is 15.6. The van der Waals surface area contributed by atoms with Crippen LogP contribution in [-0.4, -0.2) is 44.6 Å². The first kappa shape index (κ1) is 21.1. The second-order valence-corrected chi connectivity index (χ2v) is 5.80. The molecule has 1 amide bonds. The van der Waals surface area contributed by atoms with E-state index in [0.717, 1.165) is 17.4 Å². The van der Waals surface area contributed by atoms with Crippen LogP contribution in [-0.2, 0) is 23.8 Å². The second kappa shape index (κ2) is 10.1. The molecule has 1 aromatic heterocycles. The number of hydrogen-bond donors (Lipinski definition) is 1. The molecule has 1 aromatic rings. The Hall–Kier alpha value is -2.94. The van der Waals surface area contributed by atoms with Crippen LogP contribution in [0.3, 0.4) is 0 Å². The monoisotopic (exact) mass is 381 g/mol. The first-order chi connectivity index (χ1) is 12.3. The first-order valence-electron chi connectivity index (χ1n) is 7.41. The second-order valence-electron chi connectivity index (χ2n) is 4.78. The van der Waals surface area contributed by atoms with E-state index in [-0.39, 0.29) is 15.4 Å². The number of anilines is 1. The highest BCUT2D eigenvalue weighted by Crippen LogP contribution is 2.34. The Bertz CT molecular complexity index is 761. The molecule has 0 radical (unpaired) electrons. The van der Waals surface area contributed by atoms with Gasteiger partial charge in [0.25, 0.3) is 5.91 Å². The number of thiophene rings is 1. The summed E-state index contributed by atoms with van der Waals surface area (Å²) in [5.74, 6) is -2.71. The Balaban J connectivity index is 2.91. The molecule has 0 fully saturated rings. The molecule has 8 nitrogen and oxygen atoms in total. The number of amides is 1. The SMILES string of the molecule is C/C=C/C=C/C(=O)OCC(=O)Nc1sc(C(=O)OC)c(C)c1C(=O)OC. The summed E-state index contributed by atoms with van der Waals surface area (Å²) in [6.45, 7) is 2.77. The summed E-state index contributed by atoms with van der Waals surface area (Å²) in [5, 5.41) is 2.56. The van der Waals surface area contributed by atoms with Crippen molar-refractivity contribution in [2.24, 2.45) is 0 Å². The van der Waals surface area contributed by atoms with E-state index in [0.29, 0.717) is 5.56 Å². The van der Waals surface area contributed by atoms with Gasteiger partial charge >= 0.3 is 17.9 Å². The molecule has 0 aliphatic heterocycles. The molecule has 0 saturated heterocycles. The van der Waals surface area contributed by atoms with Crippen LogP contribution in [0.25, 0.3) is 0 Å². The molecule has 140 valence electrons. The van der Waals surface area contributed by atoms with Gasteiger partial charge in [-0.1, -0.05) is 18.2 Å². The van der Waals surface area contributed by atoms with Gasteiger partial charge in [0.2, 0.25) is 0 Å². The van der Waals surface area contributed by atoms with Crippen molar-refractivity contribution in [1.82, 2.24) is 0 Å². The van der Waals surface area contributed by atoms with Crippen molar-refractivity contribution >= 4 is 40.2 Å². The van der Waals surface area contributed by atoms with Crippen LogP contribution in [0.5, 0.6) is 0 Å². The first-order valence-corrected chi connectivity index (χ1v) is 8.23. The zero-order valence-electron chi connectivity index (χ0n) is 14.8. The summed E-state index contributed by atoms with van der Waals surface area (Å²) in [7, 11) is 2.39. The van der Waals surface area contributed by atoms with E-state index >= 15 is 0 Å². The molecule has 0 aliphatic carbocycles. The van der Waals surface area contributed by atoms with E-state index in [1.54, 1.807) is 19.1 Å². The number of carbonyl (C=O) groups is 4. The lowest BCUT2D eigenvalue weighted by Crippen LogP contribution is -2.21. The minimum Gasteiger partial charge on any atom is -0.465 e. The van der Waals surface area contributed by atoms with Crippen LogP contribution in [0.1, 0.15) is 32.5 Å². The summed E-state index contributed by atoms with van der Waals surface area (Å²) in [6.07, 6.45) is 5.99. The van der Waals surface area contributed by atoms with Gasteiger partial charge in [-0.3, -0.25) is 4.79 Å². The van der Waals surface area contributed by atoms with Crippen LogP contribution in [0.4, 0.5) is 5.00 Å². The number of carbonyl (C=O) groups excluding carboxylic acids is 4. The van der Waals surface area contributed by atoms with E-state index in [1.165, 1.54) is 27.2 Å². The molecule has 9 heteroatoms. The summed E-state index contributed by atoms with van der Waals surface area (Å²) < 4.78 is 14.1. The highest BCUT2D eigenvalue weighted by molar-refractivity contribution is 7.18. The van der Waals surface area contributed by atoms with Gasteiger partial charge in [-0.15, -0.1) is 11.3 Å². The van der Waals surface area contributed by atoms with Crippen LogP contribution in [0.15, 0.2) is 24.3 Å². The minimum absolute atomic E-state index is 0.0468. The predicted octanol–water partition coefficient (Wildman–Crippen LogP) is 2.24. The molecule has 0 aromatic carbocycles. The molecule has 1 N–H and O–H groups in total. The summed E-state index contributed by atoms with van der Waals surface area (Å²) in [4.78, 5) is 47.3. The fourth-order valence-corrected chi connectivity index (χ4v) is 2.96. The van der Waals surface area contributed by atoms with Crippen molar-refractivity contribution in [1.29, 1.82) is 0 Å². The van der Waals surface area contributed by atoms with Gasteiger partial charge in [0.05, 0.1) is 19.8 Å². The third-order valence-electron chi connectivity index (χ3n) is 3.04. The number of methoxy groups -OCH3 is 2. The average Bonchev–Trinajstić information content (AvgIpc) is 2.94. The largest absolute Gasteiger partial charge is 0.465 e. The molecule has 0 aliphatic rings. The molecule has 0 bridgehead atoms. The average molecular weight is 381 g/mol. The lowest BCUT2D eigenvalue weighted by molar-refractivity contribution is -0.142. The number of allylic oxidation sites excluding steroid dienone is 3. The fourth-order valence-electron chi connectivity index (χ4n) is 1.83. The molecular formula is C17H19NO7S. The number of esters is 3.